The molecule has 0 aliphatic rings. The lowest BCUT2D eigenvalue weighted by Gasteiger charge is -2.05. The second-order valence-corrected chi connectivity index (χ2v) is 7.37. The average molecular weight is 324 g/mol. The summed E-state index contributed by atoms with van der Waals surface area (Å²) in [6.45, 7) is 0. The van der Waals surface area contributed by atoms with Gasteiger partial charge >= 0.3 is 0 Å². The molecule has 0 saturated heterocycles. The monoisotopic (exact) mass is 324 g/mol. The molecule has 5 aromatic rings. The van der Waals surface area contributed by atoms with Crippen molar-refractivity contribution in [2.45, 2.75) is 6.42 Å². The summed E-state index contributed by atoms with van der Waals surface area (Å²) in [4.78, 5) is 0. The Morgan fingerprint density at radius 2 is 1.25 bits per heavy atom. The first-order chi connectivity index (χ1) is 11.9. The SMILES string of the molecule is c1ccc2cc(Cc3ccc4c(c3)sc3ccccc34)ccc2c1. The van der Waals surface area contributed by atoms with Gasteiger partial charge in [0.15, 0.2) is 0 Å². The maximum Gasteiger partial charge on any atom is 0.0358 e. The van der Waals surface area contributed by atoms with Crippen LogP contribution in [-0.4, -0.2) is 0 Å². The first kappa shape index (κ1) is 13.8. The number of hydrogen-bond donors (Lipinski definition) is 0. The fourth-order valence-corrected chi connectivity index (χ4v) is 4.63. The fraction of sp³-hybridized carbons (Fsp3) is 0.0435. The molecule has 24 heavy (non-hydrogen) atoms. The van der Waals surface area contributed by atoms with Crippen LogP contribution in [0.15, 0.2) is 84.9 Å². The van der Waals surface area contributed by atoms with Gasteiger partial charge in [-0.15, -0.1) is 11.3 Å². The zero-order chi connectivity index (χ0) is 15.9. The van der Waals surface area contributed by atoms with Crippen LogP contribution < -0.4 is 0 Å². The maximum atomic E-state index is 2.36. The van der Waals surface area contributed by atoms with Crippen molar-refractivity contribution in [1.29, 1.82) is 0 Å². The smallest absolute Gasteiger partial charge is 0.0358 e. The quantitative estimate of drug-likeness (QED) is 0.335. The molecule has 114 valence electrons. The van der Waals surface area contributed by atoms with E-state index in [4.69, 9.17) is 0 Å². The molecule has 0 radical (unpaired) electrons. The molecule has 4 aromatic carbocycles. The molecular formula is C23H16S. The molecule has 0 aliphatic carbocycles. The Labute approximate surface area is 145 Å². The van der Waals surface area contributed by atoms with Crippen molar-refractivity contribution < 1.29 is 0 Å². The van der Waals surface area contributed by atoms with Crippen molar-refractivity contribution in [3.63, 3.8) is 0 Å². The van der Waals surface area contributed by atoms with Crippen molar-refractivity contribution >= 4 is 42.3 Å². The van der Waals surface area contributed by atoms with E-state index in [1.165, 1.54) is 42.1 Å². The molecule has 0 unspecified atom stereocenters. The number of thiophene rings is 1. The Morgan fingerprint density at radius 3 is 2.21 bits per heavy atom. The van der Waals surface area contributed by atoms with Gasteiger partial charge in [-0.05, 0) is 40.5 Å². The molecule has 0 saturated carbocycles. The van der Waals surface area contributed by atoms with Crippen molar-refractivity contribution in [2.75, 3.05) is 0 Å². The molecule has 0 nitrogen and oxygen atoms in total. The van der Waals surface area contributed by atoms with Gasteiger partial charge in [0.2, 0.25) is 0 Å². The molecule has 0 atom stereocenters. The third-order valence-corrected chi connectivity index (χ3v) is 5.80. The van der Waals surface area contributed by atoms with Gasteiger partial charge < -0.3 is 0 Å². The van der Waals surface area contributed by atoms with E-state index < -0.39 is 0 Å². The van der Waals surface area contributed by atoms with Gasteiger partial charge in [-0.1, -0.05) is 72.8 Å². The second kappa shape index (κ2) is 5.47. The molecule has 0 fully saturated rings. The summed E-state index contributed by atoms with van der Waals surface area (Å²) in [5, 5.41) is 5.37. The standard InChI is InChI=1S/C23H16S/c1-2-6-19-14-16(9-11-18(19)5-1)13-17-10-12-21-20-7-3-4-8-22(20)24-23(21)15-17/h1-12,14-15H,13H2. The van der Waals surface area contributed by atoms with Gasteiger partial charge in [0, 0.05) is 20.2 Å². The van der Waals surface area contributed by atoms with Gasteiger partial charge in [0.25, 0.3) is 0 Å². The Bertz CT molecular complexity index is 1180. The molecule has 0 amide bonds. The van der Waals surface area contributed by atoms with Crippen LogP contribution >= 0.6 is 11.3 Å². The van der Waals surface area contributed by atoms with Crippen LogP contribution in [0.1, 0.15) is 11.1 Å². The van der Waals surface area contributed by atoms with Crippen molar-refractivity contribution in [3.8, 4) is 0 Å². The first-order valence-electron chi connectivity index (χ1n) is 8.25. The van der Waals surface area contributed by atoms with Gasteiger partial charge in [0.1, 0.15) is 0 Å². The summed E-state index contributed by atoms with van der Waals surface area (Å²) in [6.07, 6.45) is 0.981. The largest absolute Gasteiger partial charge is 0.135 e. The molecule has 0 aliphatic heterocycles. The van der Waals surface area contributed by atoms with Crippen LogP contribution in [-0.2, 0) is 6.42 Å². The van der Waals surface area contributed by atoms with E-state index in [1.807, 2.05) is 11.3 Å². The molecule has 0 bridgehead atoms. The van der Waals surface area contributed by atoms with Gasteiger partial charge in [-0.2, -0.15) is 0 Å². The number of hydrogen-bond acceptors (Lipinski definition) is 1. The maximum absolute atomic E-state index is 2.36. The van der Waals surface area contributed by atoms with Gasteiger partial charge in [-0.25, -0.2) is 0 Å². The topological polar surface area (TPSA) is 0 Å². The van der Waals surface area contributed by atoms with E-state index in [9.17, 15) is 0 Å². The average Bonchev–Trinajstić information content (AvgIpc) is 2.99. The van der Waals surface area contributed by atoms with Gasteiger partial charge in [0.05, 0.1) is 0 Å². The molecular weight excluding hydrogens is 308 g/mol. The van der Waals surface area contributed by atoms with Crippen LogP contribution in [0.25, 0.3) is 30.9 Å². The predicted octanol–water partition coefficient (Wildman–Crippen LogP) is 6.80. The zero-order valence-corrected chi connectivity index (χ0v) is 14.0. The summed E-state index contributed by atoms with van der Waals surface area (Å²) in [5.74, 6) is 0. The first-order valence-corrected chi connectivity index (χ1v) is 9.06. The molecule has 0 N–H and O–H groups in total. The molecule has 1 heteroatoms. The van der Waals surface area contributed by atoms with E-state index in [0.29, 0.717) is 0 Å². The van der Waals surface area contributed by atoms with Crippen LogP contribution in [0.5, 0.6) is 0 Å². The minimum absolute atomic E-state index is 0.981. The lowest BCUT2D eigenvalue weighted by Crippen LogP contribution is -1.88. The lowest BCUT2D eigenvalue weighted by molar-refractivity contribution is 1.21. The Morgan fingerprint density at radius 1 is 0.542 bits per heavy atom. The normalized spacial score (nSPS) is 11.5. The van der Waals surface area contributed by atoms with E-state index in [2.05, 4.69) is 84.9 Å². The Balaban J connectivity index is 1.56. The minimum atomic E-state index is 0.981. The summed E-state index contributed by atoms with van der Waals surface area (Å²) >= 11 is 1.89. The third-order valence-electron chi connectivity index (χ3n) is 4.67. The number of fused-ring (bicyclic) bond motifs is 4. The summed E-state index contributed by atoms with van der Waals surface area (Å²) in [5.41, 5.74) is 2.75. The summed E-state index contributed by atoms with van der Waals surface area (Å²) in [7, 11) is 0. The minimum Gasteiger partial charge on any atom is -0.135 e. The highest BCUT2D eigenvalue weighted by Gasteiger charge is 2.06. The van der Waals surface area contributed by atoms with E-state index >= 15 is 0 Å². The van der Waals surface area contributed by atoms with Crippen LogP contribution in [0.3, 0.4) is 0 Å². The van der Waals surface area contributed by atoms with Crippen molar-refractivity contribution in [1.82, 2.24) is 0 Å². The van der Waals surface area contributed by atoms with E-state index in [0.717, 1.165) is 6.42 Å². The number of rotatable bonds is 2. The predicted molar refractivity (Wildman–Crippen MR) is 106 cm³/mol. The molecule has 1 heterocycles. The summed E-state index contributed by atoms with van der Waals surface area (Å²) in [6, 6.07) is 30.9. The Hall–Kier alpha value is -2.64. The highest BCUT2D eigenvalue weighted by Crippen LogP contribution is 2.34. The van der Waals surface area contributed by atoms with Gasteiger partial charge in [-0.3, -0.25) is 0 Å². The van der Waals surface area contributed by atoms with E-state index in [1.54, 1.807) is 0 Å². The fourth-order valence-electron chi connectivity index (χ4n) is 3.46. The lowest BCUT2D eigenvalue weighted by atomic mass is 10.0. The number of benzene rings is 4. The van der Waals surface area contributed by atoms with Crippen molar-refractivity contribution in [2.24, 2.45) is 0 Å². The molecule has 5 rings (SSSR count). The highest BCUT2D eigenvalue weighted by molar-refractivity contribution is 7.25. The summed E-state index contributed by atoms with van der Waals surface area (Å²) < 4.78 is 2.75. The van der Waals surface area contributed by atoms with Crippen LogP contribution in [0.2, 0.25) is 0 Å². The van der Waals surface area contributed by atoms with Crippen molar-refractivity contribution in [3.05, 3.63) is 96.1 Å². The Kier molecular flexibility index (Phi) is 3.14. The van der Waals surface area contributed by atoms with Crippen LogP contribution in [0, 0.1) is 0 Å². The third kappa shape index (κ3) is 2.29. The van der Waals surface area contributed by atoms with E-state index in [-0.39, 0.29) is 0 Å². The second-order valence-electron chi connectivity index (χ2n) is 6.29. The van der Waals surface area contributed by atoms with Crippen LogP contribution in [0.4, 0.5) is 0 Å². The molecule has 0 spiro atoms. The highest BCUT2D eigenvalue weighted by atomic mass is 32.1. The zero-order valence-electron chi connectivity index (χ0n) is 13.2. The molecule has 1 aromatic heterocycles.